The minimum atomic E-state index is -0.774. The van der Waals surface area contributed by atoms with E-state index in [1.807, 2.05) is 45.0 Å². The van der Waals surface area contributed by atoms with Gasteiger partial charge in [0.05, 0.1) is 18.3 Å². The summed E-state index contributed by atoms with van der Waals surface area (Å²) in [4.78, 5) is 14.4. The lowest BCUT2D eigenvalue weighted by molar-refractivity contribution is 0.0201. The highest BCUT2D eigenvalue weighted by atomic mass is 35.5. The molecule has 0 radical (unpaired) electrons. The Kier molecular flexibility index (Phi) is 5.77. The minimum Gasteiger partial charge on any atom is -0.444 e. The second-order valence-corrected chi connectivity index (χ2v) is 9.45. The van der Waals surface area contributed by atoms with Crippen molar-refractivity contribution in [2.75, 3.05) is 7.11 Å². The quantitative estimate of drug-likeness (QED) is 0.497. The Morgan fingerprint density at radius 1 is 1.10 bits per heavy atom. The van der Waals surface area contributed by atoms with Gasteiger partial charge in [0.2, 0.25) is 0 Å². The van der Waals surface area contributed by atoms with Gasteiger partial charge in [-0.05, 0) is 58.1 Å². The summed E-state index contributed by atoms with van der Waals surface area (Å²) in [6.45, 7) is 5.88. The molecule has 1 aromatic heterocycles. The summed E-state index contributed by atoms with van der Waals surface area (Å²) in [5.74, 6) is 1.74. The molecular formula is C22H29ClN4O3. The molecule has 1 amide bonds. The number of aromatic nitrogens is 3. The average Bonchev–Trinajstić information content (AvgIpc) is 3.10. The average molecular weight is 433 g/mol. The van der Waals surface area contributed by atoms with E-state index >= 15 is 0 Å². The summed E-state index contributed by atoms with van der Waals surface area (Å²) in [5, 5.41) is 8.98. The highest BCUT2D eigenvalue weighted by Crippen LogP contribution is 2.39. The van der Waals surface area contributed by atoms with E-state index < -0.39 is 17.2 Å². The number of benzene rings is 1. The Morgan fingerprint density at radius 2 is 1.77 bits per heavy atom. The fourth-order valence-corrected chi connectivity index (χ4v) is 4.56. The zero-order valence-electron chi connectivity index (χ0n) is 18.0. The van der Waals surface area contributed by atoms with Crippen molar-refractivity contribution in [3.8, 4) is 5.69 Å². The van der Waals surface area contributed by atoms with Crippen molar-refractivity contribution < 1.29 is 14.3 Å². The normalized spacial score (nSPS) is 24.0. The highest BCUT2D eigenvalue weighted by Gasteiger charge is 2.37. The number of fused-ring (bicyclic) bond motifs is 3. The number of nitrogens with zero attached hydrogens (tertiary/aromatic N) is 4. The first kappa shape index (κ1) is 21.1. The molecule has 2 aromatic rings. The van der Waals surface area contributed by atoms with Gasteiger partial charge in [-0.25, -0.2) is 4.79 Å². The van der Waals surface area contributed by atoms with Gasteiger partial charge in [0.1, 0.15) is 11.4 Å². The zero-order valence-corrected chi connectivity index (χ0v) is 18.7. The number of hydrogen-bond donors (Lipinski definition) is 0. The number of halogens is 1. The molecule has 1 fully saturated rings. The summed E-state index contributed by atoms with van der Waals surface area (Å²) >= 11 is 6.81. The van der Waals surface area contributed by atoms with Gasteiger partial charge < -0.3 is 9.47 Å². The number of alkyl halides is 1. The van der Waals surface area contributed by atoms with Crippen molar-refractivity contribution in [3.05, 3.63) is 41.5 Å². The van der Waals surface area contributed by atoms with Crippen LogP contribution in [0.5, 0.6) is 0 Å². The largest absolute Gasteiger partial charge is 0.444 e. The molecular weight excluding hydrogens is 404 g/mol. The molecule has 1 atom stereocenters. The van der Waals surface area contributed by atoms with Gasteiger partial charge in [-0.2, -0.15) is 0 Å². The van der Waals surface area contributed by atoms with Gasteiger partial charge in [-0.1, -0.05) is 29.8 Å². The van der Waals surface area contributed by atoms with Crippen molar-refractivity contribution in [2.45, 2.75) is 76.1 Å². The Hall–Kier alpha value is -2.12. The molecule has 4 rings (SSSR count). The van der Waals surface area contributed by atoms with Crippen LogP contribution in [0.2, 0.25) is 0 Å². The predicted octanol–water partition coefficient (Wildman–Crippen LogP) is 4.93. The minimum absolute atomic E-state index is 0.280. The Bertz CT molecular complexity index is 915. The number of methoxy groups -OCH3 is 1. The third-order valence-corrected chi connectivity index (χ3v) is 6.20. The molecule has 162 valence electrons. The van der Waals surface area contributed by atoms with Gasteiger partial charge in [0.25, 0.3) is 0 Å². The summed E-state index contributed by atoms with van der Waals surface area (Å²) in [6, 6.07) is 8.00. The maximum absolute atomic E-state index is 12.9. The smallest absolute Gasteiger partial charge is 0.412 e. The van der Waals surface area contributed by atoms with Crippen molar-refractivity contribution in [1.82, 2.24) is 19.7 Å². The van der Waals surface area contributed by atoms with Crippen LogP contribution < -0.4 is 0 Å². The standard InChI is InChI=1S/C22H29ClN4O3/c1-22(2,3)30-21(28)26-13-15-7-5-6-8-17(15)27-19(24-25-20(27)18(26)23)14-9-11-16(29-4)12-10-14/h5-8,14,16,18H,9-13H2,1-4H3. The molecule has 0 N–H and O–H groups in total. The Balaban J connectivity index is 1.73. The van der Waals surface area contributed by atoms with Gasteiger partial charge in [0, 0.05) is 13.0 Å². The molecule has 8 heteroatoms. The van der Waals surface area contributed by atoms with Gasteiger partial charge >= 0.3 is 6.09 Å². The van der Waals surface area contributed by atoms with Crippen molar-refractivity contribution in [2.24, 2.45) is 0 Å². The highest BCUT2D eigenvalue weighted by molar-refractivity contribution is 6.21. The van der Waals surface area contributed by atoms with Crippen LogP contribution in [0, 0.1) is 0 Å². The number of carbonyl (C=O) groups excluding carboxylic acids is 1. The zero-order chi connectivity index (χ0) is 21.5. The van der Waals surface area contributed by atoms with E-state index in [9.17, 15) is 4.79 Å². The second kappa shape index (κ2) is 8.19. The molecule has 0 bridgehead atoms. The van der Waals surface area contributed by atoms with E-state index in [0.717, 1.165) is 42.8 Å². The van der Waals surface area contributed by atoms with Crippen LogP contribution in [0.25, 0.3) is 5.69 Å². The van der Waals surface area contributed by atoms with Gasteiger partial charge in [0.15, 0.2) is 11.3 Å². The number of para-hydroxylation sites is 1. The molecule has 1 aliphatic heterocycles. The van der Waals surface area contributed by atoms with Crippen LogP contribution in [0.1, 0.15) is 75.1 Å². The number of carbonyl (C=O) groups is 1. The third-order valence-electron chi connectivity index (χ3n) is 5.77. The Morgan fingerprint density at radius 3 is 2.43 bits per heavy atom. The van der Waals surface area contributed by atoms with E-state index in [4.69, 9.17) is 21.1 Å². The third kappa shape index (κ3) is 4.05. The maximum Gasteiger partial charge on any atom is 0.412 e. The number of hydrogen-bond acceptors (Lipinski definition) is 5. The first-order valence-corrected chi connectivity index (χ1v) is 10.9. The molecule has 2 aliphatic rings. The molecule has 0 saturated heterocycles. The summed E-state index contributed by atoms with van der Waals surface area (Å²) < 4.78 is 13.2. The lowest BCUT2D eigenvalue weighted by Crippen LogP contribution is -2.37. The predicted molar refractivity (Wildman–Crippen MR) is 114 cm³/mol. The topological polar surface area (TPSA) is 69.5 Å². The number of rotatable bonds is 2. The van der Waals surface area contributed by atoms with E-state index in [1.165, 1.54) is 4.90 Å². The van der Waals surface area contributed by atoms with Crippen LogP contribution in [0.15, 0.2) is 24.3 Å². The number of amides is 1. The monoisotopic (exact) mass is 432 g/mol. The fraction of sp³-hybridized carbons (Fsp3) is 0.591. The fourth-order valence-electron chi connectivity index (χ4n) is 4.27. The molecule has 1 unspecified atom stereocenters. The molecule has 1 aliphatic carbocycles. The van der Waals surface area contributed by atoms with Crippen LogP contribution >= 0.6 is 11.6 Å². The molecule has 1 saturated carbocycles. The van der Waals surface area contributed by atoms with E-state index in [2.05, 4.69) is 14.8 Å². The molecule has 7 nitrogen and oxygen atoms in total. The molecule has 0 spiro atoms. The van der Waals surface area contributed by atoms with Crippen LogP contribution in [0.3, 0.4) is 0 Å². The van der Waals surface area contributed by atoms with Crippen molar-refractivity contribution in [1.29, 1.82) is 0 Å². The van der Waals surface area contributed by atoms with E-state index in [1.54, 1.807) is 7.11 Å². The van der Waals surface area contributed by atoms with Crippen LogP contribution in [0.4, 0.5) is 4.79 Å². The number of ether oxygens (including phenoxy) is 2. The van der Waals surface area contributed by atoms with Crippen LogP contribution in [-0.4, -0.2) is 44.6 Å². The Labute approximate surface area is 182 Å². The molecule has 2 heterocycles. The SMILES string of the molecule is COC1CCC(c2nnc3n2-c2ccccc2CN(C(=O)OC(C)(C)C)C3Cl)CC1. The summed E-state index contributed by atoms with van der Waals surface area (Å²) in [5.41, 5.74) is 0.569. The van der Waals surface area contributed by atoms with E-state index in [0.29, 0.717) is 18.5 Å². The lowest BCUT2D eigenvalue weighted by Gasteiger charge is -2.28. The van der Waals surface area contributed by atoms with Gasteiger partial charge in [-0.15, -0.1) is 10.2 Å². The maximum atomic E-state index is 12.9. The first-order chi connectivity index (χ1) is 14.3. The first-order valence-electron chi connectivity index (χ1n) is 10.5. The van der Waals surface area contributed by atoms with Crippen molar-refractivity contribution in [3.63, 3.8) is 0 Å². The lowest BCUT2D eigenvalue weighted by atomic mass is 9.86. The van der Waals surface area contributed by atoms with Gasteiger partial charge in [-0.3, -0.25) is 9.47 Å². The molecule has 30 heavy (non-hydrogen) atoms. The summed E-state index contributed by atoms with van der Waals surface area (Å²) in [6.07, 6.45) is 3.82. The van der Waals surface area contributed by atoms with Crippen molar-refractivity contribution >= 4 is 17.7 Å². The second-order valence-electron chi connectivity index (χ2n) is 9.03. The van der Waals surface area contributed by atoms with E-state index in [-0.39, 0.29) is 5.92 Å². The molecule has 1 aromatic carbocycles. The van der Waals surface area contributed by atoms with Crippen LogP contribution in [-0.2, 0) is 16.0 Å². The summed E-state index contributed by atoms with van der Waals surface area (Å²) in [7, 11) is 1.77.